The quantitative estimate of drug-likeness (QED) is 0.101. The molecule has 2 atom stereocenters. The van der Waals surface area contributed by atoms with Gasteiger partial charge in [0.1, 0.15) is 16.7 Å². The number of nitrogens with zero attached hydrogens (tertiary/aromatic N) is 5. The normalized spacial score (nSPS) is 17.4. The first-order chi connectivity index (χ1) is 12.0. The van der Waals surface area contributed by atoms with Crippen LogP contribution in [0.3, 0.4) is 0 Å². The molecule has 11 heteroatoms. The second-order valence-corrected chi connectivity index (χ2v) is 5.83. The monoisotopic (exact) mass is 382 g/mol. The first-order valence-electron chi connectivity index (χ1n) is 7.12. The maximum atomic E-state index is 12.8. The lowest BCUT2D eigenvalue weighted by molar-refractivity contribution is -0.130. The highest BCUT2D eigenvalue weighted by atomic mass is 35.5. The van der Waals surface area contributed by atoms with Crippen molar-refractivity contribution in [2.24, 2.45) is 16.8 Å². The number of alkyl halides is 1. The van der Waals surface area contributed by atoms with Crippen molar-refractivity contribution in [2.45, 2.75) is 11.5 Å². The molecule has 25 heavy (non-hydrogen) atoms. The topological polar surface area (TPSA) is 136 Å². The number of halogens is 2. The second kappa shape index (κ2) is 8.61. The highest BCUT2D eigenvalue weighted by molar-refractivity contribution is 6.31. The number of carbonyl (C=O) groups is 1. The number of azide groups is 1. The number of hydrogen-bond acceptors (Lipinski definition) is 6. The van der Waals surface area contributed by atoms with Crippen LogP contribution >= 0.6 is 23.2 Å². The molecule has 0 spiro atoms. The molecule has 0 aliphatic carbocycles. The Balaban J connectivity index is 2.28. The molecule has 0 saturated carbocycles. The summed E-state index contributed by atoms with van der Waals surface area (Å²) < 4.78 is 0. The Bertz CT molecular complexity index is 732. The van der Waals surface area contributed by atoms with Crippen LogP contribution in [0, 0.1) is 0 Å². The second-order valence-electron chi connectivity index (χ2n) is 4.98. The number of para-hydroxylation sites is 1. The van der Waals surface area contributed by atoms with Crippen molar-refractivity contribution < 1.29 is 4.79 Å². The summed E-state index contributed by atoms with van der Waals surface area (Å²) in [5, 5.41) is 8.33. The Morgan fingerprint density at radius 2 is 2.08 bits per heavy atom. The molecule has 132 valence electrons. The summed E-state index contributed by atoms with van der Waals surface area (Å²) in [7, 11) is 0. The summed E-state index contributed by atoms with van der Waals surface area (Å²) in [5.41, 5.74) is 8.85. The highest BCUT2D eigenvalue weighted by Gasteiger charge is 2.30. The zero-order valence-corrected chi connectivity index (χ0v) is 14.5. The van der Waals surface area contributed by atoms with Crippen LogP contribution in [0.1, 0.15) is 0 Å². The standard InChI is InChI=1S/C14H16Cl2N8O/c15-12-7-6-10(13(16)21-12)24(19)14(25)11(8-20-22-17)23(18)9-4-2-1-3-5-9/h1-7,11-12,21H,8,18-19H2. The number of hydrazine groups is 2. The summed E-state index contributed by atoms with van der Waals surface area (Å²) >= 11 is 11.9. The van der Waals surface area contributed by atoms with Crippen molar-refractivity contribution in [3.8, 4) is 0 Å². The lowest BCUT2D eigenvalue weighted by Gasteiger charge is -2.31. The molecule has 0 radical (unpaired) electrons. The van der Waals surface area contributed by atoms with Crippen LogP contribution in [0.15, 0.2) is 58.5 Å². The van der Waals surface area contributed by atoms with Gasteiger partial charge < -0.3 is 5.32 Å². The first-order valence-corrected chi connectivity index (χ1v) is 7.94. The van der Waals surface area contributed by atoms with Crippen LogP contribution in [-0.4, -0.2) is 29.0 Å². The van der Waals surface area contributed by atoms with Gasteiger partial charge >= 0.3 is 0 Å². The number of nitrogens with one attached hydrogen (secondary N) is 1. The molecule has 1 aliphatic rings. The number of anilines is 1. The first kappa shape index (κ1) is 18.9. The number of carbonyl (C=O) groups excluding carboxylic acids is 1. The molecule has 2 rings (SSSR count). The van der Waals surface area contributed by atoms with Crippen molar-refractivity contribution >= 4 is 34.8 Å². The molecular weight excluding hydrogens is 367 g/mol. The van der Waals surface area contributed by atoms with Gasteiger partial charge in [0.05, 0.1) is 17.9 Å². The number of nitrogens with two attached hydrogens (primary N) is 2. The Labute approximate surface area is 154 Å². The number of hydrogen-bond donors (Lipinski definition) is 3. The number of dihydropyridines is 1. The maximum absolute atomic E-state index is 12.8. The minimum atomic E-state index is -1.03. The predicted octanol–water partition coefficient (Wildman–Crippen LogP) is 1.88. The molecule has 1 aliphatic heterocycles. The van der Waals surface area contributed by atoms with Gasteiger partial charge in [0.2, 0.25) is 0 Å². The van der Waals surface area contributed by atoms with Crippen LogP contribution in [0.2, 0.25) is 0 Å². The van der Waals surface area contributed by atoms with E-state index >= 15 is 0 Å². The number of allylic oxidation sites excluding steroid dienone is 1. The van der Waals surface area contributed by atoms with Gasteiger partial charge in [-0.3, -0.25) is 9.80 Å². The molecule has 0 bridgehead atoms. The van der Waals surface area contributed by atoms with Gasteiger partial charge in [0, 0.05) is 4.91 Å². The van der Waals surface area contributed by atoms with E-state index in [0.717, 1.165) is 5.01 Å². The summed E-state index contributed by atoms with van der Waals surface area (Å²) in [6, 6.07) is 7.73. The zero-order chi connectivity index (χ0) is 18.4. The van der Waals surface area contributed by atoms with Crippen molar-refractivity contribution in [1.82, 2.24) is 10.3 Å². The Morgan fingerprint density at radius 3 is 2.68 bits per heavy atom. The third-order valence-electron chi connectivity index (χ3n) is 3.40. The average molecular weight is 383 g/mol. The molecule has 0 saturated heterocycles. The van der Waals surface area contributed by atoms with Crippen molar-refractivity contribution in [2.75, 3.05) is 11.6 Å². The van der Waals surface area contributed by atoms with E-state index in [9.17, 15) is 4.79 Å². The van der Waals surface area contributed by atoms with Crippen LogP contribution in [0.5, 0.6) is 0 Å². The third kappa shape index (κ3) is 4.56. The van der Waals surface area contributed by atoms with E-state index in [1.807, 2.05) is 6.07 Å². The van der Waals surface area contributed by atoms with Crippen LogP contribution < -0.4 is 22.0 Å². The van der Waals surface area contributed by atoms with Crippen molar-refractivity contribution in [3.05, 3.63) is 63.8 Å². The summed E-state index contributed by atoms with van der Waals surface area (Å²) in [4.78, 5) is 15.5. The fraction of sp³-hybridized carbons (Fsp3) is 0.214. The molecule has 1 aromatic rings. The van der Waals surface area contributed by atoms with Gasteiger partial charge in [0.15, 0.2) is 0 Å². The van der Waals surface area contributed by atoms with E-state index in [1.165, 1.54) is 11.1 Å². The minimum Gasteiger partial charge on any atom is -0.355 e. The maximum Gasteiger partial charge on any atom is 0.265 e. The Kier molecular flexibility index (Phi) is 6.51. The molecule has 1 aromatic carbocycles. The van der Waals surface area contributed by atoms with Gasteiger partial charge in [-0.1, -0.05) is 46.5 Å². The molecule has 1 amide bonds. The number of amides is 1. The molecule has 0 aromatic heterocycles. The summed E-state index contributed by atoms with van der Waals surface area (Å²) in [5.74, 6) is 11.3. The van der Waals surface area contributed by atoms with Gasteiger partial charge in [-0.15, -0.1) is 0 Å². The van der Waals surface area contributed by atoms with Crippen LogP contribution in [0.25, 0.3) is 10.4 Å². The van der Waals surface area contributed by atoms with E-state index in [2.05, 4.69) is 15.3 Å². The Morgan fingerprint density at radius 1 is 1.40 bits per heavy atom. The molecule has 9 nitrogen and oxygen atoms in total. The summed E-state index contributed by atoms with van der Waals surface area (Å²) in [6.07, 6.45) is 3.10. The fourth-order valence-corrected chi connectivity index (χ4v) is 2.65. The van der Waals surface area contributed by atoms with Crippen molar-refractivity contribution in [1.29, 1.82) is 0 Å². The third-order valence-corrected chi connectivity index (χ3v) is 3.96. The molecule has 5 N–H and O–H groups in total. The molecule has 0 fully saturated rings. The molecule has 1 heterocycles. The van der Waals surface area contributed by atoms with E-state index < -0.39 is 17.5 Å². The molecular formula is C14H16Cl2N8O. The largest absolute Gasteiger partial charge is 0.355 e. The lowest BCUT2D eigenvalue weighted by atomic mass is 10.2. The SMILES string of the molecule is [N-]=[N+]=NCC(C(=O)N(N)C1=C(Cl)NC(Cl)C=C1)N(N)c1ccccc1. The fourth-order valence-electron chi connectivity index (χ4n) is 2.14. The van der Waals surface area contributed by atoms with E-state index in [4.69, 9.17) is 40.4 Å². The Hall–Kier alpha value is -2.42. The van der Waals surface area contributed by atoms with Crippen molar-refractivity contribution in [3.63, 3.8) is 0 Å². The minimum absolute atomic E-state index is 0.115. The smallest absolute Gasteiger partial charge is 0.265 e. The van der Waals surface area contributed by atoms with E-state index in [-0.39, 0.29) is 17.4 Å². The van der Waals surface area contributed by atoms with E-state index in [0.29, 0.717) is 5.69 Å². The summed E-state index contributed by atoms with van der Waals surface area (Å²) in [6.45, 7) is -0.214. The van der Waals surface area contributed by atoms with Gasteiger partial charge in [-0.05, 0) is 29.8 Å². The predicted molar refractivity (Wildman–Crippen MR) is 96.7 cm³/mol. The van der Waals surface area contributed by atoms with Gasteiger partial charge in [0.25, 0.3) is 5.91 Å². The lowest BCUT2D eigenvalue weighted by Crippen LogP contribution is -2.55. The van der Waals surface area contributed by atoms with Crippen LogP contribution in [0.4, 0.5) is 5.69 Å². The van der Waals surface area contributed by atoms with Gasteiger partial charge in [-0.25, -0.2) is 16.7 Å². The zero-order valence-electron chi connectivity index (χ0n) is 13.0. The van der Waals surface area contributed by atoms with E-state index in [1.54, 1.807) is 30.3 Å². The van der Waals surface area contributed by atoms with Gasteiger partial charge in [-0.2, -0.15) is 0 Å². The molecule has 2 unspecified atom stereocenters. The number of benzene rings is 1. The highest BCUT2D eigenvalue weighted by Crippen LogP contribution is 2.20. The average Bonchev–Trinajstić information content (AvgIpc) is 2.62. The van der Waals surface area contributed by atoms with Crippen LogP contribution in [-0.2, 0) is 4.79 Å². The number of rotatable bonds is 6.